The van der Waals surface area contributed by atoms with Crippen LogP contribution < -0.4 is 9.47 Å². The number of hydrogen-bond acceptors (Lipinski definition) is 5. The van der Waals surface area contributed by atoms with Crippen LogP contribution in [0.1, 0.15) is 12.2 Å². The van der Waals surface area contributed by atoms with Gasteiger partial charge >= 0.3 is 6.01 Å². The third-order valence-corrected chi connectivity index (χ3v) is 4.66. The lowest BCUT2D eigenvalue weighted by molar-refractivity contribution is 0.286. The van der Waals surface area contributed by atoms with Gasteiger partial charge in [-0.3, -0.25) is 4.57 Å². The number of para-hydroxylation sites is 2. The monoisotopic (exact) mass is 409 g/mol. The number of benzene rings is 2. The fourth-order valence-corrected chi connectivity index (χ4v) is 3.10. The summed E-state index contributed by atoms with van der Waals surface area (Å²) in [5.74, 6) is 2.24. The van der Waals surface area contributed by atoms with E-state index in [0.29, 0.717) is 24.1 Å². The van der Waals surface area contributed by atoms with Gasteiger partial charge in [-0.05, 0) is 30.7 Å². The molecule has 0 bridgehead atoms. The molecule has 4 rings (SSSR count). The largest absolute Gasteiger partial charge is 0.493 e. The van der Waals surface area contributed by atoms with E-state index in [2.05, 4.69) is 9.97 Å². The Kier molecular flexibility index (Phi) is 5.81. The van der Waals surface area contributed by atoms with E-state index in [4.69, 9.17) is 25.5 Å². The first-order valence-electron chi connectivity index (χ1n) is 9.24. The molecule has 0 atom stereocenters. The topological polar surface area (TPSA) is 62.3 Å². The highest BCUT2D eigenvalue weighted by Gasteiger charge is 2.16. The average Bonchev–Trinajstić information content (AvgIpc) is 3.42. The van der Waals surface area contributed by atoms with Crippen molar-refractivity contribution in [1.29, 1.82) is 0 Å². The summed E-state index contributed by atoms with van der Waals surface area (Å²) in [5, 5.41) is 0.679. The maximum absolute atomic E-state index is 6.04. The predicted octanol–water partition coefficient (Wildman–Crippen LogP) is 5.20. The lowest BCUT2D eigenvalue weighted by atomic mass is 10.1. The molecule has 0 amide bonds. The first-order chi connectivity index (χ1) is 14.2. The van der Waals surface area contributed by atoms with Crippen molar-refractivity contribution in [2.24, 2.45) is 0 Å². The third-order valence-electron chi connectivity index (χ3n) is 4.40. The van der Waals surface area contributed by atoms with Gasteiger partial charge in [0.15, 0.2) is 11.5 Å². The van der Waals surface area contributed by atoms with Gasteiger partial charge in [0.2, 0.25) is 0 Å². The molecule has 0 fully saturated rings. The molecule has 0 spiro atoms. The van der Waals surface area contributed by atoms with Gasteiger partial charge in [-0.25, -0.2) is 4.98 Å². The third kappa shape index (κ3) is 4.43. The van der Waals surface area contributed by atoms with Crippen LogP contribution in [0.2, 0.25) is 5.02 Å². The Morgan fingerprint density at radius 1 is 1.07 bits per heavy atom. The molecule has 4 aromatic rings. The number of oxazole rings is 1. The van der Waals surface area contributed by atoms with E-state index in [1.807, 2.05) is 48.5 Å². The molecule has 0 N–H and O–H groups in total. The molecule has 29 heavy (non-hydrogen) atoms. The Bertz CT molecular complexity index is 1060. The molecule has 2 aromatic heterocycles. The zero-order chi connectivity index (χ0) is 20.1. The van der Waals surface area contributed by atoms with Crippen LogP contribution >= 0.6 is 11.6 Å². The fourth-order valence-electron chi connectivity index (χ4n) is 2.98. The summed E-state index contributed by atoms with van der Waals surface area (Å²) in [6, 6.07) is 15.6. The molecule has 2 heterocycles. The van der Waals surface area contributed by atoms with E-state index in [1.165, 1.54) is 0 Å². The van der Waals surface area contributed by atoms with E-state index in [9.17, 15) is 0 Å². The van der Waals surface area contributed by atoms with Crippen molar-refractivity contribution in [2.45, 2.75) is 12.8 Å². The van der Waals surface area contributed by atoms with Crippen LogP contribution in [0.25, 0.3) is 17.3 Å². The minimum absolute atomic E-state index is 0.480. The molecule has 6 nitrogen and oxygen atoms in total. The highest BCUT2D eigenvalue weighted by molar-refractivity contribution is 6.30. The second-order valence-corrected chi connectivity index (χ2v) is 6.78. The maximum Gasteiger partial charge on any atom is 0.307 e. The second-order valence-electron chi connectivity index (χ2n) is 6.35. The van der Waals surface area contributed by atoms with Gasteiger partial charge in [0, 0.05) is 29.4 Å². The Hall–Kier alpha value is -3.25. The van der Waals surface area contributed by atoms with Crippen molar-refractivity contribution in [3.8, 4) is 28.8 Å². The Morgan fingerprint density at radius 3 is 2.59 bits per heavy atom. The summed E-state index contributed by atoms with van der Waals surface area (Å²) in [6.07, 6.45) is 6.58. The number of nitrogens with zero attached hydrogens (tertiary/aromatic N) is 3. The molecule has 0 unspecified atom stereocenters. The van der Waals surface area contributed by atoms with E-state index in [1.54, 1.807) is 30.4 Å². The zero-order valence-electron chi connectivity index (χ0n) is 15.9. The van der Waals surface area contributed by atoms with Crippen molar-refractivity contribution >= 4 is 11.6 Å². The molecule has 0 aliphatic heterocycles. The van der Waals surface area contributed by atoms with Gasteiger partial charge in [-0.2, -0.15) is 4.98 Å². The Balaban J connectivity index is 1.50. The van der Waals surface area contributed by atoms with Crippen molar-refractivity contribution in [3.05, 3.63) is 78.0 Å². The smallest absolute Gasteiger partial charge is 0.307 e. The Morgan fingerprint density at radius 2 is 1.86 bits per heavy atom. The zero-order valence-corrected chi connectivity index (χ0v) is 16.7. The molecule has 148 valence electrons. The first kappa shape index (κ1) is 19.1. The van der Waals surface area contributed by atoms with E-state index >= 15 is 0 Å². The average molecular weight is 410 g/mol. The van der Waals surface area contributed by atoms with Crippen LogP contribution in [0.15, 0.2) is 71.7 Å². The van der Waals surface area contributed by atoms with Gasteiger partial charge in [0.05, 0.1) is 13.7 Å². The number of aromatic nitrogens is 3. The second kappa shape index (κ2) is 8.84. The molecule has 2 aromatic carbocycles. The van der Waals surface area contributed by atoms with Crippen molar-refractivity contribution in [3.63, 3.8) is 0 Å². The van der Waals surface area contributed by atoms with Gasteiger partial charge in [0.25, 0.3) is 0 Å². The van der Waals surface area contributed by atoms with Gasteiger partial charge in [-0.15, -0.1) is 0 Å². The van der Waals surface area contributed by atoms with Gasteiger partial charge in [0.1, 0.15) is 17.8 Å². The van der Waals surface area contributed by atoms with Crippen LogP contribution in [0, 0.1) is 0 Å². The first-order valence-corrected chi connectivity index (χ1v) is 9.62. The highest BCUT2D eigenvalue weighted by Crippen LogP contribution is 2.29. The molecular weight excluding hydrogens is 390 g/mol. The predicted molar refractivity (Wildman–Crippen MR) is 111 cm³/mol. The summed E-state index contributed by atoms with van der Waals surface area (Å²) in [4.78, 5) is 8.73. The van der Waals surface area contributed by atoms with E-state index in [0.717, 1.165) is 34.9 Å². The van der Waals surface area contributed by atoms with Crippen molar-refractivity contribution < 1.29 is 13.9 Å². The quantitative estimate of drug-likeness (QED) is 0.374. The number of rotatable bonds is 8. The number of aryl methyl sites for hydroxylation is 1. The van der Waals surface area contributed by atoms with E-state index in [-0.39, 0.29) is 0 Å². The summed E-state index contributed by atoms with van der Waals surface area (Å²) in [5.41, 5.74) is 1.74. The number of methoxy groups -OCH3 is 1. The molecule has 7 heteroatoms. The summed E-state index contributed by atoms with van der Waals surface area (Å²) >= 11 is 6.03. The highest BCUT2D eigenvalue weighted by atomic mass is 35.5. The minimum atomic E-state index is 0.480. The number of halogens is 1. The SMILES string of the molecule is COc1ccccc1OCCCc1oc(-n2ccnc2)nc1-c1ccc(Cl)cc1. The van der Waals surface area contributed by atoms with E-state index < -0.39 is 0 Å². The fraction of sp³-hybridized carbons (Fsp3) is 0.182. The lowest BCUT2D eigenvalue weighted by Crippen LogP contribution is -2.01. The molecule has 0 radical (unpaired) electrons. The number of imidazole rings is 1. The summed E-state index contributed by atoms with van der Waals surface area (Å²) < 4.78 is 19.0. The molecule has 0 saturated carbocycles. The number of ether oxygens (including phenoxy) is 2. The molecule has 0 aliphatic rings. The van der Waals surface area contributed by atoms with Crippen LogP contribution in [-0.2, 0) is 6.42 Å². The molecular formula is C22H20ClN3O3. The summed E-state index contributed by atoms with van der Waals surface area (Å²) in [7, 11) is 1.63. The minimum Gasteiger partial charge on any atom is -0.493 e. The van der Waals surface area contributed by atoms with Gasteiger partial charge in [-0.1, -0.05) is 35.9 Å². The Labute approximate surface area is 173 Å². The molecule has 0 aliphatic carbocycles. The lowest BCUT2D eigenvalue weighted by Gasteiger charge is -2.09. The van der Waals surface area contributed by atoms with Crippen molar-refractivity contribution in [2.75, 3.05) is 13.7 Å². The summed E-state index contributed by atoms with van der Waals surface area (Å²) in [6.45, 7) is 0.529. The number of hydrogen-bond donors (Lipinski definition) is 0. The van der Waals surface area contributed by atoms with Crippen LogP contribution in [0.3, 0.4) is 0 Å². The van der Waals surface area contributed by atoms with Crippen molar-refractivity contribution in [1.82, 2.24) is 14.5 Å². The normalized spacial score (nSPS) is 10.8. The van der Waals surface area contributed by atoms with Crippen LogP contribution in [0.4, 0.5) is 0 Å². The van der Waals surface area contributed by atoms with Crippen LogP contribution in [0.5, 0.6) is 11.5 Å². The standard InChI is InChI=1S/C22H20ClN3O3/c1-27-18-5-2-3-6-19(18)28-14-4-7-20-21(16-8-10-17(23)11-9-16)25-22(29-20)26-13-12-24-15-26/h2-3,5-6,8-13,15H,4,7,14H2,1H3. The molecule has 0 saturated heterocycles. The maximum atomic E-state index is 6.04. The van der Waals surface area contributed by atoms with Crippen LogP contribution in [-0.4, -0.2) is 28.3 Å². The van der Waals surface area contributed by atoms with Gasteiger partial charge < -0.3 is 13.9 Å².